The lowest BCUT2D eigenvalue weighted by atomic mass is 10.0. The van der Waals surface area contributed by atoms with E-state index in [0.717, 1.165) is 35.4 Å². The van der Waals surface area contributed by atoms with Crippen LogP contribution in [0.15, 0.2) is 54.1 Å². The number of aromatic nitrogens is 1. The van der Waals surface area contributed by atoms with Crippen molar-refractivity contribution in [2.75, 3.05) is 24.5 Å². The van der Waals surface area contributed by atoms with Crippen molar-refractivity contribution in [2.24, 2.45) is 7.05 Å². The summed E-state index contributed by atoms with van der Waals surface area (Å²) in [6, 6.07) is 18.8. The first kappa shape index (κ1) is 24.1. The Labute approximate surface area is 195 Å². The molecule has 3 rings (SSSR count). The van der Waals surface area contributed by atoms with Crippen LogP contribution in [0.5, 0.6) is 0 Å². The molecule has 1 atom stereocenters. The van der Waals surface area contributed by atoms with Crippen LogP contribution in [0.4, 0.5) is 5.69 Å². The van der Waals surface area contributed by atoms with Crippen molar-refractivity contribution in [1.29, 1.82) is 5.26 Å². The van der Waals surface area contributed by atoms with Gasteiger partial charge in [-0.05, 0) is 73.0 Å². The van der Waals surface area contributed by atoms with Gasteiger partial charge in [0.2, 0.25) is 0 Å². The number of nitrogens with zero attached hydrogens (tertiary/aromatic N) is 3. The number of aliphatic hydroxyl groups excluding tert-OH is 1. The molecule has 0 aliphatic heterocycles. The molecule has 1 aromatic heterocycles. The highest BCUT2D eigenvalue weighted by Crippen LogP contribution is 2.29. The number of hydrogen-bond acceptors (Lipinski definition) is 4. The fourth-order valence-corrected chi connectivity index (χ4v) is 3.89. The lowest BCUT2D eigenvalue weighted by Gasteiger charge is -2.21. The van der Waals surface area contributed by atoms with Crippen molar-refractivity contribution >= 4 is 28.4 Å². The standard InChI is InChI=1S/C27H32N4O2/c1-5-25(32)18-29-27(33)22(17-28)16-23-12-13-26(30(23)4)21-9-8-20-15-24(31(6-2)7-3)11-10-19(20)14-21/h8-16,25,32H,5-7,18H2,1-4H3,(H,29,33)/b22-16+. The van der Waals surface area contributed by atoms with Gasteiger partial charge in [-0.25, -0.2) is 0 Å². The van der Waals surface area contributed by atoms with Crippen molar-refractivity contribution in [1.82, 2.24) is 9.88 Å². The van der Waals surface area contributed by atoms with Gasteiger partial charge in [0.25, 0.3) is 5.91 Å². The maximum atomic E-state index is 12.3. The van der Waals surface area contributed by atoms with E-state index >= 15 is 0 Å². The number of benzene rings is 2. The highest BCUT2D eigenvalue weighted by molar-refractivity contribution is 6.01. The Morgan fingerprint density at radius 2 is 1.82 bits per heavy atom. The number of nitriles is 1. The van der Waals surface area contributed by atoms with Gasteiger partial charge in [-0.15, -0.1) is 0 Å². The Balaban J connectivity index is 1.87. The zero-order chi connectivity index (χ0) is 24.0. The summed E-state index contributed by atoms with van der Waals surface area (Å²) in [5.41, 5.74) is 4.04. The molecule has 0 radical (unpaired) electrons. The molecular formula is C27H32N4O2. The van der Waals surface area contributed by atoms with Crippen LogP contribution in [0.1, 0.15) is 32.9 Å². The molecule has 1 heterocycles. The zero-order valence-electron chi connectivity index (χ0n) is 19.8. The fraction of sp³-hybridized carbons (Fsp3) is 0.333. The Hall–Kier alpha value is -3.56. The van der Waals surface area contributed by atoms with Gasteiger partial charge in [-0.2, -0.15) is 5.26 Å². The molecule has 2 aromatic carbocycles. The van der Waals surface area contributed by atoms with E-state index in [-0.39, 0.29) is 12.1 Å². The third-order valence-electron chi connectivity index (χ3n) is 6.04. The molecule has 33 heavy (non-hydrogen) atoms. The van der Waals surface area contributed by atoms with Gasteiger partial charge in [-0.3, -0.25) is 4.79 Å². The first-order chi connectivity index (χ1) is 15.9. The predicted molar refractivity (Wildman–Crippen MR) is 135 cm³/mol. The average Bonchev–Trinajstić information content (AvgIpc) is 3.20. The molecule has 0 spiro atoms. The highest BCUT2D eigenvalue weighted by atomic mass is 16.3. The zero-order valence-corrected chi connectivity index (χ0v) is 19.8. The number of nitrogens with one attached hydrogen (secondary N) is 1. The molecule has 2 N–H and O–H groups in total. The smallest absolute Gasteiger partial charge is 0.262 e. The van der Waals surface area contributed by atoms with Gasteiger partial charge in [0.1, 0.15) is 11.6 Å². The summed E-state index contributed by atoms with van der Waals surface area (Å²) in [5.74, 6) is -0.484. The van der Waals surface area contributed by atoms with Gasteiger partial charge in [0, 0.05) is 43.8 Å². The minimum Gasteiger partial charge on any atom is -0.391 e. The first-order valence-corrected chi connectivity index (χ1v) is 11.4. The number of amides is 1. The van der Waals surface area contributed by atoms with Crippen molar-refractivity contribution in [3.05, 3.63) is 59.8 Å². The molecule has 3 aromatic rings. The van der Waals surface area contributed by atoms with E-state index in [1.807, 2.05) is 36.7 Å². The van der Waals surface area contributed by atoms with Crippen LogP contribution in [0, 0.1) is 11.3 Å². The van der Waals surface area contributed by atoms with Gasteiger partial charge >= 0.3 is 0 Å². The van der Waals surface area contributed by atoms with Crippen LogP contribution in [0.3, 0.4) is 0 Å². The Morgan fingerprint density at radius 1 is 1.12 bits per heavy atom. The summed E-state index contributed by atoms with van der Waals surface area (Å²) in [6.45, 7) is 8.23. The second kappa shape index (κ2) is 10.8. The second-order valence-corrected chi connectivity index (χ2v) is 8.06. The van der Waals surface area contributed by atoms with E-state index in [4.69, 9.17) is 0 Å². The monoisotopic (exact) mass is 444 g/mol. The molecule has 0 fully saturated rings. The largest absolute Gasteiger partial charge is 0.391 e. The molecule has 0 aliphatic carbocycles. The maximum Gasteiger partial charge on any atom is 0.262 e. The van der Waals surface area contributed by atoms with E-state index in [9.17, 15) is 15.2 Å². The summed E-state index contributed by atoms with van der Waals surface area (Å²) in [6.07, 6.45) is 1.50. The number of rotatable bonds is 9. The van der Waals surface area contributed by atoms with E-state index < -0.39 is 12.0 Å². The van der Waals surface area contributed by atoms with Crippen molar-refractivity contribution in [2.45, 2.75) is 33.3 Å². The molecule has 0 saturated heterocycles. The molecule has 0 saturated carbocycles. The highest BCUT2D eigenvalue weighted by Gasteiger charge is 2.13. The molecule has 6 nitrogen and oxygen atoms in total. The lowest BCUT2D eigenvalue weighted by Crippen LogP contribution is -2.32. The van der Waals surface area contributed by atoms with Crippen molar-refractivity contribution < 1.29 is 9.90 Å². The summed E-state index contributed by atoms with van der Waals surface area (Å²) in [4.78, 5) is 14.7. The van der Waals surface area contributed by atoms with Crippen LogP contribution in [0.25, 0.3) is 28.1 Å². The van der Waals surface area contributed by atoms with Crippen LogP contribution in [-0.4, -0.2) is 41.3 Å². The van der Waals surface area contributed by atoms with Gasteiger partial charge in [-0.1, -0.05) is 25.1 Å². The van der Waals surface area contributed by atoms with E-state index in [1.54, 1.807) is 6.08 Å². The third kappa shape index (κ3) is 5.44. The SMILES string of the molecule is CCC(O)CNC(=O)/C(C#N)=C/c1ccc(-c2ccc3cc(N(CC)CC)ccc3c2)n1C. The minimum absolute atomic E-state index is 0.00787. The quantitative estimate of drug-likeness (QED) is 0.376. The second-order valence-electron chi connectivity index (χ2n) is 8.06. The molecule has 1 amide bonds. The average molecular weight is 445 g/mol. The van der Waals surface area contributed by atoms with Gasteiger partial charge in [0.05, 0.1) is 6.10 Å². The third-order valence-corrected chi connectivity index (χ3v) is 6.04. The van der Waals surface area contributed by atoms with Crippen LogP contribution >= 0.6 is 0 Å². The predicted octanol–water partition coefficient (Wildman–Crippen LogP) is 4.49. The Morgan fingerprint density at radius 3 is 2.48 bits per heavy atom. The number of carbonyl (C=O) groups excluding carboxylic acids is 1. The van der Waals surface area contributed by atoms with Crippen LogP contribution in [0.2, 0.25) is 0 Å². The normalized spacial score (nSPS) is 12.4. The summed E-state index contributed by atoms with van der Waals surface area (Å²) in [5, 5.41) is 24.1. The van der Waals surface area contributed by atoms with E-state index in [1.165, 1.54) is 11.1 Å². The van der Waals surface area contributed by atoms with Gasteiger partial charge in [0.15, 0.2) is 0 Å². The molecule has 172 valence electrons. The molecule has 6 heteroatoms. The maximum absolute atomic E-state index is 12.3. The molecular weight excluding hydrogens is 412 g/mol. The summed E-state index contributed by atoms with van der Waals surface area (Å²) < 4.78 is 1.97. The number of hydrogen-bond donors (Lipinski definition) is 2. The molecule has 1 unspecified atom stereocenters. The van der Waals surface area contributed by atoms with Crippen molar-refractivity contribution in [3.63, 3.8) is 0 Å². The fourth-order valence-electron chi connectivity index (χ4n) is 3.89. The molecule has 0 aliphatic rings. The number of anilines is 1. The van der Waals surface area contributed by atoms with E-state index in [0.29, 0.717) is 6.42 Å². The first-order valence-electron chi connectivity index (χ1n) is 11.4. The van der Waals surface area contributed by atoms with E-state index in [2.05, 4.69) is 60.5 Å². The van der Waals surface area contributed by atoms with Crippen molar-refractivity contribution in [3.8, 4) is 17.3 Å². The molecule has 0 bridgehead atoms. The Kier molecular flexibility index (Phi) is 7.92. The number of fused-ring (bicyclic) bond motifs is 1. The Bertz CT molecular complexity index is 1200. The summed E-state index contributed by atoms with van der Waals surface area (Å²) in [7, 11) is 1.92. The van der Waals surface area contributed by atoms with Crippen LogP contribution < -0.4 is 10.2 Å². The minimum atomic E-state index is -0.619. The lowest BCUT2D eigenvalue weighted by molar-refractivity contribution is -0.117. The van der Waals surface area contributed by atoms with Gasteiger partial charge < -0.3 is 19.9 Å². The van der Waals surface area contributed by atoms with Crippen LogP contribution in [-0.2, 0) is 11.8 Å². The number of aliphatic hydroxyl groups is 1. The summed E-state index contributed by atoms with van der Waals surface area (Å²) >= 11 is 0. The topological polar surface area (TPSA) is 81.3 Å². The number of carbonyl (C=O) groups is 1.